The third kappa shape index (κ3) is 6.70. The Morgan fingerprint density at radius 2 is 1.83 bits per heavy atom. The fourth-order valence-electron chi connectivity index (χ4n) is 4.17. The highest BCUT2D eigenvalue weighted by Crippen LogP contribution is 2.39. The van der Waals surface area contributed by atoms with E-state index in [4.69, 9.17) is 5.14 Å². The van der Waals surface area contributed by atoms with E-state index in [9.17, 15) is 21.6 Å². The topological polar surface area (TPSA) is 87.5 Å². The van der Waals surface area contributed by atoms with Gasteiger partial charge in [-0.15, -0.1) is 11.3 Å². The SMILES string of the molecule is CN1CCC(Nc2cccc3c(CC(F)(F)F)c(C#CCNc4ccc(S(N)(=O)=O)cc4)sc23)CC1. The summed E-state index contributed by atoms with van der Waals surface area (Å²) in [5.41, 5.74) is 1.66. The lowest BCUT2D eigenvalue weighted by atomic mass is 10.0. The van der Waals surface area contributed by atoms with E-state index in [1.165, 1.54) is 23.5 Å². The molecular formula is C25H27F3N4O2S2. The van der Waals surface area contributed by atoms with Crippen LogP contribution in [0.5, 0.6) is 0 Å². The van der Waals surface area contributed by atoms with Crippen LogP contribution in [0.4, 0.5) is 24.5 Å². The molecule has 4 rings (SSSR count). The number of alkyl halides is 3. The van der Waals surface area contributed by atoms with Gasteiger partial charge in [-0.05, 0) is 74.3 Å². The Bertz CT molecular complexity index is 1380. The van der Waals surface area contributed by atoms with E-state index in [2.05, 4.69) is 34.4 Å². The van der Waals surface area contributed by atoms with Gasteiger partial charge in [0.05, 0.1) is 33.1 Å². The van der Waals surface area contributed by atoms with Gasteiger partial charge in [-0.25, -0.2) is 13.6 Å². The second kappa shape index (κ2) is 10.7. The minimum absolute atomic E-state index is 0.00846. The van der Waals surface area contributed by atoms with Crippen LogP contribution in [0.1, 0.15) is 23.3 Å². The zero-order valence-corrected chi connectivity index (χ0v) is 21.3. The second-order valence-electron chi connectivity index (χ2n) is 8.83. The predicted octanol–water partition coefficient (Wildman–Crippen LogP) is 4.62. The molecule has 192 valence electrons. The molecule has 0 amide bonds. The van der Waals surface area contributed by atoms with Crippen LogP contribution in [0.2, 0.25) is 0 Å². The molecule has 36 heavy (non-hydrogen) atoms. The van der Waals surface area contributed by atoms with Crippen LogP contribution >= 0.6 is 11.3 Å². The minimum atomic E-state index is -4.36. The summed E-state index contributed by atoms with van der Waals surface area (Å²) in [6, 6.07) is 11.6. The Labute approximate surface area is 212 Å². The van der Waals surface area contributed by atoms with Gasteiger partial charge in [0.1, 0.15) is 0 Å². The number of rotatable bonds is 6. The number of benzene rings is 2. The maximum atomic E-state index is 13.4. The summed E-state index contributed by atoms with van der Waals surface area (Å²) in [6.07, 6.45) is -3.45. The molecule has 1 aliphatic heterocycles. The van der Waals surface area contributed by atoms with Gasteiger partial charge in [0.2, 0.25) is 10.0 Å². The Balaban J connectivity index is 1.56. The number of halogens is 3. The lowest BCUT2D eigenvalue weighted by Gasteiger charge is -2.30. The zero-order chi connectivity index (χ0) is 25.9. The van der Waals surface area contributed by atoms with Crippen LogP contribution in [0.3, 0.4) is 0 Å². The lowest BCUT2D eigenvalue weighted by Crippen LogP contribution is -2.36. The molecule has 2 heterocycles. The highest BCUT2D eigenvalue weighted by atomic mass is 32.2. The summed E-state index contributed by atoms with van der Waals surface area (Å²) in [6.45, 7) is 2.13. The van der Waals surface area contributed by atoms with Crippen molar-refractivity contribution in [2.75, 3.05) is 37.3 Å². The summed E-state index contributed by atoms with van der Waals surface area (Å²) in [5, 5.41) is 12.2. The first kappa shape index (κ1) is 26.3. The molecule has 0 radical (unpaired) electrons. The van der Waals surface area contributed by atoms with Crippen molar-refractivity contribution in [1.82, 2.24) is 4.90 Å². The molecule has 0 atom stereocenters. The van der Waals surface area contributed by atoms with Gasteiger partial charge in [-0.1, -0.05) is 24.0 Å². The molecule has 0 spiro atoms. The number of hydrogen-bond donors (Lipinski definition) is 3. The van der Waals surface area contributed by atoms with Crippen LogP contribution in [0, 0.1) is 11.8 Å². The van der Waals surface area contributed by atoms with E-state index < -0.39 is 22.6 Å². The van der Waals surface area contributed by atoms with Gasteiger partial charge in [0.15, 0.2) is 0 Å². The molecule has 3 aromatic rings. The molecule has 2 aromatic carbocycles. The molecular weight excluding hydrogens is 509 g/mol. The van der Waals surface area contributed by atoms with Crippen LogP contribution in [-0.2, 0) is 16.4 Å². The molecule has 1 saturated heterocycles. The van der Waals surface area contributed by atoms with Crippen molar-refractivity contribution in [3.8, 4) is 11.8 Å². The van der Waals surface area contributed by atoms with E-state index >= 15 is 0 Å². The molecule has 1 fully saturated rings. The number of sulfonamides is 1. The summed E-state index contributed by atoms with van der Waals surface area (Å²) in [5.74, 6) is 5.82. The van der Waals surface area contributed by atoms with Crippen molar-refractivity contribution in [1.29, 1.82) is 0 Å². The number of nitrogens with one attached hydrogen (secondary N) is 2. The number of nitrogens with zero attached hydrogens (tertiary/aromatic N) is 1. The van der Waals surface area contributed by atoms with Crippen molar-refractivity contribution in [3.63, 3.8) is 0 Å². The minimum Gasteiger partial charge on any atom is -0.381 e. The molecule has 1 aromatic heterocycles. The van der Waals surface area contributed by atoms with Gasteiger partial charge >= 0.3 is 6.18 Å². The highest BCUT2D eigenvalue weighted by molar-refractivity contribution is 7.89. The van der Waals surface area contributed by atoms with E-state index in [0.29, 0.717) is 16.0 Å². The maximum absolute atomic E-state index is 13.4. The van der Waals surface area contributed by atoms with Gasteiger partial charge in [-0.3, -0.25) is 0 Å². The number of nitrogens with two attached hydrogens (primary N) is 1. The van der Waals surface area contributed by atoms with E-state index in [0.717, 1.165) is 36.3 Å². The van der Waals surface area contributed by atoms with Crippen LogP contribution in [0.15, 0.2) is 47.4 Å². The van der Waals surface area contributed by atoms with Gasteiger partial charge in [0, 0.05) is 11.7 Å². The summed E-state index contributed by atoms with van der Waals surface area (Å²) < 4.78 is 63.8. The third-order valence-electron chi connectivity index (χ3n) is 6.04. The molecule has 6 nitrogen and oxygen atoms in total. The van der Waals surface area contributed by atoms with Crippen LogP contribution in [-0.4, -0.2) is 52.2 Å². The number of piperidine rings is 1. The summed E-state index contributed by atoms with van der Waals surface area (Å²) in [7, 11) is -1.70. The quantitative estimate of drug-likeness (QED) is 0.400. The van der Waals surface area contributed by atoms with Crippen molar-refractivity contribution in [3.05, 3.63) is 52.9 Å². The van der Waals surface area contributed by atoms with Crippen molar-refractivity contribution >= 4 is 42.8 Å². The van der Waals surface area contributed by atoms with Gasteiger partial charge in [-0.2, -0.15) is 13.2 Å². The number of likely N-dealkylation sites (tertiary alicyclic amines) is 1. The number of hydrogen-bond acceptors (Lipinski definition) is 6. The zero-order valence-electron chi connectivity index (χ0n) is 19.7. The monoisotopic (exact) mass is 536 g/mol. The molecule has 0 bridgehead atoms. The average Bonchev–Trinajstić information content (AvgIpc) is 3.15. The Morgan fingerprint density at radius 3 is 2.47 bits per heavy atom. The Morgan fingerprint density at radius 1 is 1.14 bits per heavy atom. The first-order valence-electron chi connectivity index (χ1n) is 11.4. The van der Waals surface area contributed by atoms with Gasteiger partial charge in [0.25, 0.3) is 0 Å². The van der Waals surface area contributed by atoms with Crippen molar-refractivity contribution < 1.29 is 21.6 Å². The highest BCUT2D eigenvalue weighted by Gasteiger charge is 2.31. The fraction of sp³-hybridized carbons (Fsp3) is 0.360. The first-order chi connectivity index (χ1) is 17.0. The standard InChI is InChI=1S/C25H27F3N4O2S2/c1-32-14-11-18(12-15-32)31-22-5-2-4-20-21(16-25(26,27)28)23(35-24(20)22)6-3-13-30-17-7-9-19(10-8-17)36(29,33)34/h2,4-5,7-10,18,30-31H,11-16H2,1H3,(H2,29,33,34). The number of anilines is 2. The number of fused-ring (bicyclic) bond motifs is 1. The summed E-state index contributed by atoms with van der Waals surface area (Å²) >= 11 is 1.28. The Kier molecular flexibility index (Phi) is 7.80. The smallest absolute Gasteiger partial charge is 0.381 e. The number of primary sulfonamides is 1. The maximum Gasteiger partial charge on any atom is 0.393 e. The Hall–Kier alpha value is -2.78. The average molecular weight is 537 g/mol. The summed E-state index contributed by atoms with van der Waals surface area (Å²) in [4.78, 5) is 2.65. The first-order valence-corrected chi connectivity index (χ1v) is 13.8. The largest absolute Gasteiger partial charge is 0.393 e. The van der Waals surface area contributed by atoms with Crippen molar-refractivity contribution in [2.45, 2.75) is 36.4 Å². The second-order valence-corrected chi connectivity index (χ2v) is 11.4. The molecule has 0 unspecified atom stereocenters. The number of thiophene rings is 1. The molecule has 1 aliphatic rings. The molecule has 4 N–H and O–H groups in total. The van der Waals surface area contributed by atoms with Crippen LogP contribution < -0.4 is 15.8 Å². The van der Waals surface area contributed by atoms with Gasteiger partial charge < -0.3 is 15.5 Å². The van der Waals surface area contributed by atoms with Crippen molar-refractivity contribution in [2.24, 2.45) is 5.14 Å². The fourth-order valence-corrected chi connectivity index (χ4v) is 5.85. The predicted molar refractivity (Wildman–Crippen MR) is 139 cm³/mol. The van der Waals surface area contributed by atoms with E-state index in [-0.39, 0.29) is 23.0 Å². The van der Waals surface area contributed by atoms with Crippen LogP contribution in [0.25, 0.3) is 10.1 Å². The van der Waals surface area contributed by atoms with E-state index in [1.807, 2.05) is 6.07 Å². The lowest BCUT2D eigenvalue weighted by molar-refractivity contribution is -0.126. The third-order valence-corrected chi connectivity index (χ3v) is 8.17. The molecule has 11 heteroatoms. The van der Waals surface area contributed by atoms with E-state index in [1.54, 1.807) is 24.3 Å². The molecule has 0 saturated carbocycles. The molecule has 0 aliphatic carbocycles. The normalized spacial score (nSPS) is 15.5.